The second-order valence-electron chi connectivity index (χ2n) is 4.14. The lowest BCUT2D eigenvalue weighted by atomic mass is 10.1. The van der Waals surface area contributed by atoms with Crippen LogP contribution in [-0.4, -0.2) is 23.7 Å². The van der Waals surface area contributed by atoms with Crippen LogP contribution in [0.5, 0.6) is 5.75 Å². The highest BCUT2D eigenvalue weighted by Crippen LogP contribution is 2.12. The zero-order chi connectivity index (χ0) is 13.4. The number of benzene rings is 1. The molecular formula is C14H21NO3. The minimum Gasteiger partial charge on any atom is -0.494 e. The van der Waals surface area contributed by atoms with Crippen LogP contribution in [0.4, 0.5) is 0 Å². The predicted molar refractivity (Wildman–Crippen MR) is 70.8 cm³/mol. The first kappa shape index (κ1) is 14.5. The second kappa shape index (κ2) is 7.71. The smallest absolute Gasteiger partial charge is 0.320 e. The van der Waals surface area contributed by atoms with Crippen LogP contribution in [0.15, 0.2) is 24.3 Å². The van der Waals surface area contributed by atoms with E-state index in [9.17, 15) is 4.79 Å². The van der Waals surface area contributed by atoms with E-state index < -0.39 is 12.0 Å². The van der Waals surface area contributed by atoms with Crippen molar-refractivity contribution in [1.29, 1.82) is 0 Å². The third-order valence-electron chi connectivity index (χ3n) is 2.66. The van der Waals surface area contributed by atoms with Gasteiger partial charge >= 0.3 is 5.97 Å². The molecule has 1 rings (SSSR count). The average molecular weight is 251 g/mol. The molecule has 0 aliphatic carbocycles. The number of ether oxygens (including phenoxy) is 1. The lowest BCUT2D eigenvalue weighted by molar-refractivity contribution is -0.139. The third kappa shape index (κ3) is 4.75. The van der Waals surface area contributed by atoms with Crippen LogP contribution in [0.25, 0.3) is 0 Å². The first-order valence-electron chi connectivity index (χ1n) is 6.35. The number of carboxylic acid groups (broad SMARTS) is 1. The molecule has 4 nitrogen and oxygen atoms in total. The zero-order valence-corrected chi connectivity index (χ0v) is 11.0. The molecule has 1 aromatic rings. The van der Waals surface area contributed by atoms with E-state index in [4.69, 9.17) is 9.84 Å². The monoisotopic (exact) mass is 251 g/mol. The zero-order valence-electron chi connectivity index (χ0n) is 11.0. The first-order chi connectivity index (χ1) is 8.67. The van der Waals surface area contributed by atoms with Gasteiger partial charge in [-0.3, -0.25) is 4.79 Å². The Balaban J connectivity index is 2.48. The summed E-state index contributed by atoms with van der Waals surface area (Å²) in [5.41, 5.74) is 1.06. The molecule has 1 atom stereocenters. The summed E-state index contributed by atoms with van der Waals surface area (Å²) in [4.78, 5) is 11.0. The highest BCUT2D eigenvalue weighted by molar-refractivity contribution is 5.73. The fraction of sp³-hybridized carbons (Fsp3) is 0.500. The van der Waals surface area contributed by atoms with E-state index in [1.54, 1.807) is 0 Å². The molecule has 1 unspecified atom stereocenters. The largest absolute Gasteiger partial charge is 0.494 e. The number of carbonyl (C=O) groups is 1. The van der Waals surface area contributed by atoms with Gasteiger partial charge in [-0.2, -0.15) is 0 Å². The van der Waals surface area contributed by atoms with E-state index >= 15 is 0 Å². The normalized spacial score (nSPS) is 12.1. The Labute approximate surface area is 108 Å². The van der Waals surface area contributed by atoms with Gasteiger partial charge in [0, 0.05) is 6.54 Å². The Kier molecular flexibility index (Phi) is 6.22. The van der Waals surface area contributed by atoms with Crippen molar-refractivity contribution < 1.29 is 14.6 Å². The Morgan fingerprint density at radius 3 is 2.50 bits per heavy atom. The summed E-state index contributed by atoms with van der Waals surface area (Å²) >= 11 is 0. The number of aliphatic carboxylic acids is 1. The molecule has 1 aromatic carbocycles. The molecule has 0 saturated carbocycles. The second-order valence-corrected chi connectivity index (χ2v) is 4.14. The highest BCUT2D eigenvalue weighted by Gasteiger charge is 2.14. The van der Waals surface area contributed by atoms with E-state index in [0.717, 1.165) is 17.7 Å². The molecule has 0 aliphatic rings. The Hall–Kier alpha value is -1.55. The number of rotatable bonds is 8. The fourth-order valence-corrected chi connectivity index (χ4v) is 1.71. The van der Waals surface area contributed by atoms with Gasteiger partial charge in [-0.05, 0) is 31.0 Å². The minimum atomic E-state index is -0.789. The SMILES string of the molecule is CCCC(NCc1ccc(OCC)cc1)C(=O)O. The molecule has 0 saturated heterocycles. The maximum absolute atomic E-state index is 11.0. The van der Waals surface area contributed by atoms with Crippen molar-refractivity contribution in [3.05, 3.63) is 29.8 Å². The van der Waals surface area contributed by atoms with Gasteiger partial charge in [-0.25, -0.2) is 0 Å². The molecule has 100 valence electrons. The standard InChI is InChI=1S/C14H21NO3/c1-3-5-13(14(16)17)15-10-11-6-8-12(9-7-11)18-4-2/h6-9,13,15H,3-5,10H2,1-2H3,(H,16,17). The van der Waals surface area contributed by atoms with E-state index in [2.05, 4.69) is 5.32 Å². The molecular weight excluding hydrogens is 230 g/mol. The molecule has 0 bridgehead atoms. The van der Waals surface area contributed by atoms with Crippen LogP contribution >= 0.6 is 0 Å². The minimum absolute atomic E-state index is 0.471. The Bertz CT molecular complexity index is 362. The van der Waals surface area contributed by atoms with Crippen molar-refractivity contribution in [1.82, 2.24) is 5.32 Å². The Morgan fingerprint density at radius 1 is 1.33 bits per heavy atom. The Morgan fingerprint density at radius 2 is 2.00 bits per heavy atom. The summed E-state index contributed by atoms with van der Waals surface area (Å²) in [6.45, 7) is 5.13. The van der Waals surface area contributed by atoms with E-state index in [1.165, 1.54) is 0 Å². The summed E-state index contributed by atoms with van der Waals surface area (Å²) in [6, 6.07) is 7.22. The van der Waals surface area contributed by atoms with E-state index in [0.29, 0.717) is 19.6 Å². The lowest BCUT2D eigenvalue weighted by Gasteiger charge is -2.13. The number of hydrogen-bond donors (Lipinski definition) is 2. The van der Waals surface area contributed by atoms with Crippen LogP contribution in [0.2, 0.25) is 0 Å². The summed E-state index contributed by atoms with van der Waals surface area (Å²) in [5.74, 6) is 0.0485. The molecule has 0 fully saturated rings. The summed E-state index contributed by atoms with van der Waals surface area (Å²) in [7, 11) is 0. The molecule has 0 radical (unpaired) electrons. The molecule has 2 N–H and O–H groups in total. The molecule has 4 heteroatoms. The maximum Gasteiger partial charge on any atom is 0.320 e. The molecule has 0 heterocycles. The van der Waals surface area contributed by atoms with Crippen molar-refractivity contribution in [2.45, 2.75) is 39.3 Å². The summed E-state index contributed by atoms with van der Waals surface area (Å²) in [5, 5.41) is 12.1. The van der Waals surface area contributed by atoms with Crippen molar-refractivity contribution in [2.75, 3.05) is 6.61 Å². The molecule has 0 spiro atoms. The van der Waals surface area contributed by atoms with Crippen molar-refractivity contribution in [3.63, 3.8) is 0 Å². The summed E-state index contributed by atoms with van der Waals surface area (Å²) < 4.78 is 5.35. The number of hydrogen-bond acceptors (Lipinski definition) is 3. The quantitative estimate of drug-likeness (QED) is 0.745. The predicted octanol–water partition coefficient (Wildman–Crippen LogP) is 2.43. The highest BCUT2D eigenvalue weighted by atomic mass is 16.5. The van der Waals surface area contributed by atoms with Crippen molar-refractivity contribution >= 4 is 5.97 Å². The van der Waals surface area contributed by atoms with Gasteiger partial charge in [0.25, 0.3) is 0 Å². The van der Waals surface area contributed by atoms with Crippen molar-refractivity contribution in [2.24, 2.45) is 0 Å². The molecule has 0 aromatic heterocycles. The van der Waals surface area contributed by atoms with Crippen LogP contribution in [0.3, 0.4) is 0 Å². The van der Waals surface area contributed by atoms with Gasteiger partial charge in [0.05, 0.1) is 6.61 Å². The molecule has 18 heavy (non-hydrogen) atoms. The number of carboxylic acids is 1. The topological polar surface area (TPSA) is 58.6 Å². The van der Waals surface area contributed by atoms with Gasteiger partial charge in [-0.1, -0.05) is 25.5 Å². The van der Waals surface area contributed by atoms with E-state index in [-0.39, 0.29) is 0 Å². The number of nitrogens with one attached hydrogen (secondary N) is 1. The first-order valence-corrected chi connectivity index (χ1v) is 6.35. The van der Waals surface area contributed by atoms with Crippen LogP contribution in [-0.2, 0) is 11.3 Å². The summed E-state index contributed by atoms with van der Waals surface area (Å²) in [6.07, 6.45) is 1.50. The van der Waals surface area contributed by atoms with Crippen molar-refractivity contribution in [3.8, 4) is 5.75 Å². The lowest BCUT2D eigenvalue weighted by Crippen LogP contribution is -2.35. The van der Waals surface area contributed by atoms with Gasteiger partial charge in [0.2, 0.25) is 0 Å². The maximum atomic E-state index is 11.0. The van der Waals surface area contributed by atoms with Gasteiger partial charge in [-0.15, -0.1) is 0 Å². The van der Waals surface area contributed by atoms with Gasteiger partial charge < -0.3 is 15.2 Å². The molecule has 0 aliphatic heterocycles. The average Bonchev–Trinajstić information content (AvgIpc) is 2.36. The fourth-order valence-electron chi connectivity index (χ4n) is 1.71. The van der Waals surface area contributed by atoms with Crippen LogP contribution in [0, 0.1) is 0 Å². The molecule has 0 amide bonds. The van der Waals surface area contributed by atoms with Gasteiger partial charge in [0.1, 0.15) is 11.8 Å². The van der Waals surface area contributed by atoms with Crippen LogP contribution in [0.1, 0.15) is 32.3 Å². The van der Waals surface area contributed by atoms with Gasteiger partial charge in [0.15, 0.2) is 0 Å². The van der Waals surface area contributed by atoms with Crippen LogP contribution < -0.4 is 10.1 Å². The third-order valence-corrected chi connectivity index (χ3v) is 2.66. The van der Waals surface area contributed by atoms with E-state index in [1.807, 2.05) is 38.1 Å².